The van der Waals surface area contributed by atoms with Gasteiger partial charge in [-0.3, -0.25) is 0 Å². The van der Waals surface area contributed by atoms with Crippen molar-refractivity contribution in [3.8, 4) is 0 Å². The quantitative estimate of drug-likeness (QED) is 0.690. The lowest BCUT2D eigenvalue weighted by Gasteiger charge is -2.31. The van der Waals surface area contributed by atoms with Gasteiger partial charge in [0.2, 0.25) is 0 Å². The molecule has 0 amide bonds. The van der Waals surface area contributed by atoms with Gasteiger partial charge < -0.3 is 5.11 Å². The highest BCUT2D eigenvalue weighted by atomic mass is 16.3. The van der Waals surface area contributed by atoms with E-state index in [1.807, 2.05) is 0 Å². The van der Waals surface area contributed by atoms with Gasteiger partial charge in [-0.1, -0.05) is 33.1 Å². The van der Waals surface area contributed by atoms with E-state index in [0.29, 0.717) is 6.61 Å². The van der Waals surface area contributed by atoms with Crippen molar-refractivity contribution in [1.29, 1.82) is 0 Å². The van der Waals surface area contributed by atoms with Crippen molar-refractivity contribution in [2.45, 2.75) is 46.0 Å². The first-order valence-corrected chi connectivity index (χ1v) is 5.35. The third kappa shape index (κ3) is 2.78. The van der Waals surface area contributed by atoms with Crippen LogP contribution < -0.4 is 0 Å². The topological polar surface area (TPSA) is 20.2 Å². The van der Waals surface area contributed by atoms with Crippen LogP contribution in [0.15, 0.2) is 0 Å². The highest BCUT2D eigenvalue weighted by Gasteiger charge is 2.23. The molecule has 0 spiro atoms. The van der Waals surface area contributed by atoms with E-state index in [9.17, 15) is 0 Å². The summed E-state index contributed by atoms with van der Waals surface area (Å²) in [5, 5.41) is 8.83. The summed E-state index contributed by atoms with van der Waals surface area (Å²) in [6.07, 6.45) is 6.61. The predicted molar refractivity (Wildman–Crippen MR) is 52.0 cm³/mol. The minimum absolute atomic E-state index is 0.367. The maximum atomic E-state index is 8.83. The molecule has 1 heteroatoms. The fourth-order valence-corrected chi connectivity index (χ4v) is 2.44. The van der Waals surface area contributed by atoms with E-state index in [1.165, 1.54) is 25.7 Å². The van der Waals surface area contributed by atoms with Crippen LogP contribution >= 0.6 is 0 Å². The molecule has 0 saturated heterocycles. The number of rotatable bonds is 3. The monoisotopic (exact) mass is 170 g/mol. The molecule has 0 radical (unpaired) electrons. The van der Waals surface area contributed by atoms with Crippen LogP contribution in [-0.2, 0) is 0 Å². The molecule has 0 bridgehead atoms. The molecule has 1 N–H and O–H groups in total. The van der Waals surface area contributed by atoms with Gasteiger partial charge in [-0.25, -0.2) is 0 Å². The van der Waals surface area contributed by atoms with E-state index in [-0.39, 0.29) is 0 Å². The summed E-state index contributed by atoms with van der Waals surface area (Å²) >= 11 is 0. The first-order valence-electron chi connectivity index (χ1n) is 5.35. The van der Waals surface area contributed by atoms with Crippen LogP contribution in [0.25, 0.3) is 0 Å². The average molecular weight is 170 g/mol. The molecule has 1 fully saturated rings. The van der Waals surface area contributed by atoms with Crippen LogP contribution in [0.3, 0.4) is 0 Å². The first-order chi connectivity index (χ1) is 5.74. The second-order valence-electron chi connectivity index (χ2n) is 4.52. The van der Waals surface area contributed by atoms with Gasteiger partial charge in [0.1, 0.15) is 0 Å². The van der Waals surface area contributed by atoms with E-state index in [0.717, 1.165) is 24.2 Å². The molecule has 0 aromatic rings. The van der Waals surface area contributed by atoms with Crippen LogP contribution in [0.5, 0.6) is 0 Å². The van der Waals surface area contributed by atoms with Gasteiger partial charge in [-0.2, -0.15) is 0 Å². The maximum Gasteiger partial charge on any atom is 0.0433 e. The van der Waals surface area contributed by atoms with Crippen molar-refractivity contribution in [2.24, 2.45) is 17.8 Å². The van der Waals surface area contributed by atoms with Gasteiger partial charge in [0.05, 0.1) is 0 Å². The molecule has 1 saturated carbocycles. The van der Waals surface area contributed by atoms with Gasteiger partial charge in [0.15, 0.2) is 0 Å². The van der Waals surface area contributed by atoms with E-state index in [2.05, 4.69) is 13.8 Å². The Balaban J connectivity index is 2.29. The van der Waals surface area contributed by atoms with E-state index >= 15 is 0 Å². The first kappa shape index (κ1) is 10.0. The summed E-state index contributed by atoms with van der Waals surface area (Å²) < 4.78 is 0. The largest absolute Gasteiger partial charge is 0.396 e. The summed E-state index contributed by atoms with van der Waals surface area (Å²) in [5.74, 6) is 2.54. The Morgan fingerprint density at radius 1 is 1.42 bits per heavy atom. The maximum absolute atomic E-state index is 8.83. The normalized spacial score (nSPS) is 33.2. The van der Waals surface area contributed by atoms with Crippen LogP contribution in [0.1, 0.15) is 46.0 Å². The smallest absolute Gasteiger partial charge is 0.0433 e. The van der Waals surface area contributed by atoms with Crippen LogP contribution in [0, 0.1) is 17.8 Å². The molecule has 0 aromatic carbocycles. The van der Waals surface area contributed by atoms with Crippen LogP contribution in [0.2, 0.25) is 0 Å². The SMILES string of the molecule is CC(CCO)C1CCC[C@H](C)C1. The zero-order valence-corrected chi connectivity index (χ0v) is 8.42. The Bertz CT molecular complexity index is 122. The van der Waals surface area contributed by atoms with Gasteiger partial charge in [-0.05, 0) is 30.6 Å². The van der Waals surface area contributed by atoms with Gasteiger partial charge >= 0.3 is 0 Å². The Morgan fingerprint density at radius 2 is 2.17 bits per heavy atom. The molecule has 0 aliphatic heterocycles. The van der Waals surface area contributed by atoms with E-state index in [4.69, 9.17) is 5.11 Å². The molecule has 2 unspecified atom stereocenters. The molecule has 1 nitrogen and oxygen atoms in total. The molecular formula is C11H22O. The number of aliphatic hydroxyl groups excluding tert-OH is 1. The molecule has 0 aromatic heterocycles. The van der Waals surface area contributed by atoms with Crippen LogP contribution in [-0.4, -0.2) is 11.7 Å². The summed E-state index contributed by atoms with van der Waals surface area (Å²) in [5.41, 5.74) is 0. The zero-order chi connectivity index (χ0) is 8.97. The molecule has 0 heterocycles. The Morgan fingerprint density at radius 3 is 2.75 bits per heavy atom. The summed E-state index contributed by atoms with van der Waals surface area (Å²) in [6.45, 7) is 5.02. The third-order valence-corrected chi connectivity index (χ3v) is 3.37. The summed E-state index contributed by atoms with van der Waals surface area (Å²) in [6, 6.07) is 0. The predicted octanol–water partition coefficient (Wildman–Crippen LogP) is 2.83. The van der Waals surface area contributed by atoms with Crippen molar-refractivity contribution in [2.75, 3.05) is 6.61 Å². The van der Waals surface area contributed by atoms with Crippen molar-refractivity contribution in [1.82, 2.24) is 0 Å². The standard InChI is InChI=1S/C11H22O/c1-9-4-3-5-11(8-9)10(2)6-7-12/h9-12H,3-8H2,1-2H3/t9-,10?,11?/m0/s1. The molecule has 72 valence electrons. The zero-order valence-electron chi connectivity index (χ0n) is 8.42. The van der Waals surface area contributed by atoms with Crippen molar-refractivity contribution in [3.05, 3.63) is 0 Å². The van der Waals surface area contributed by atoms with Crippen molar-refractivity contribution in [3.63, 3.8) is 0 Å². The lowest BCUT2D eigenvalue weighted by atomic mass is 9.75. The lowest BCUT2D eigenvalue weighted by Crippen LogP contribution is -2.20. The Kier molecular flexibility index (Phi) is 4.07. The minimum atomic E-state index is 0.367. The molecular weight excluding hydrogens is 148 g/mol. The summed E-state index contributed by atoms with van der Waals surface area (Å²) in [4.78, 5) is 0. The Labute approximate surface area is 76.2 Å². The molecule has 12 heavy (non-hydrogen) atoms. The fourth-order valence-electron chi connectivity index (χ4n) is 2.44. The number of aliphatic hydroxyl groups is 1. The fraction of sp³-hybridized carbons (Fsp3) is 1.00. The second-order valence-corrected chi connectivity index (χ2v) is 4.52. The van der Waals surface area contributed by atoms with Crippen molar-refractivity contribution < 1.29 is 5.11 Å². The highest BCUT2D eigenvalue weighted by molar-refractivity contribution is 4.74. The van der Waals surface area contributed by atoms with Gasteiger partial charge in [0, 0.05) is 6.61 Å². The van der Waals surface area contributed by atoms with Crippen molar-refractivity contribution >= 4 is 0 Å². The molecule has 1 aliphatic rings. The number of hydrogen-bond donors (Lipinski definition) is 1. The molecule has 1 rings (SSSR count). The van der Waals surface area contributed by atoms with Gasteiger partial charge in [0.25, 0.3) is 0 Å². The lowest BCUT2D eigenvalue weighted by molar-refractivity contribution is 0.175. The van der Waals surface area contributed by atoms with E-state index in [1.54, 1.807) is 0 Å². The van der Waals surface area contributed by atoms with Crippen LogP contribution in [0.4, 0.5) is 0 Å². The highest BCUT2D eigenvalue weighted by Crippen LogP contribution is 2.34. The van der Waals surface area contributed by atoms with E-state index < -0.39 is 0 Å². The second kappa shape index (κ2) is 4.86. The molecule has 3 atom stereocenters. The number of hydrogen-bond acceptors (Lipinski definition) is 1. The average Bonchev–Trinajstić information content (AvgIpc) is 2.05. The molecule has 1 aliphatic carbocycles. The third-order valence-electron chi connectivity index (χ3n) is 3.37. The summed E-state index contributed by atoms with van der Waals surface area (Å²) in [7, 11) is 0. The Hall–Kier alpha value is -0.0400. The van der Waals surface area contributed by atoms with Gasteiger partial charge in [-0.15, -0.1) is 0 Å². The minimum Gasteiger partial charge on any atom is -0.396 e.